The Morgan fingerprint density at radius 1 is 0.882 bits per heavy atom. The smallest absolute Gasteiger partial charge is 0.354 e. The molecular weight excluding hydrogens is 422 g/mol. The molecule has 2 N–H and O–H groups in total. The summed E-state index contributed by atoms with van der Waals surface area (Å²) in [5.41, 5.74) is 5.16. The summed E-state index contributed by atoms with van der Waals surface area (Å²) in [6.45, 7) is 0. The van der Waals surface area contributed by atoms with Crippen molar-refractivity contribution < 1.29 is 9.90 Å². The highest BCUT2D eigenvalue weighted by Crippen LogP contribution is 2.60. The van der Waals surface area contributed by atoms with E-state index in [0.29, 0.717) is 11.2 Å². The van der Waals surface area contributed by atoms with Gasteiger partial charge in [0.25, 0.3) is 0 Å². The Kier molecular flexibility index (Phi) is 5.09. The van der Waals surface area contributed by atoms with Gasteiger partial charge in [-0.2, -0.15) is 0 Å². The molecule has 4 fully saturated rings. The van der Waals surface area contributed by atoms with Crippen molar-refractivity contribution in [1.29, 1.82) is 0 Å². The van der Waals surface area contributed by atoms with Gasteiger partial charge in [-0.05, 0) is 116 Å². The first-order valence-corrected chi connectivity index (χ1v) is 12.4. The summed E-state index contributed by atoms with van der Waals surface area (Å²) >= 11 is 0. The lowest BCUT2D eigenvalue weighted by molar-refractivity contribution is -0.00518. The highest BCUT2D eigenvalue weighted by Gasteiger charge is 2.51. The maximum absolute atomic E-state index is 11.1. The Morgan fingerprint density at radius 2 is 1.44 bits per heavy atom. The monoisotopic (exact) mass is 453 g/mol. The fourth-order valence-corrected chi connectivity index (χ4v) is 7.19. The first-order valence-electron chi connectivity index (χ1n) is 12.4. The van der Waals surface area contributed by atoms with E-state index in [1.54, 1.807) is 17.7 Å². The number of aromatic nitrogens is 1. The van der Waals surface area contributed by atoms with Crippen LogP contribution in [0.15, 0.2) is 66.7 Å². The van der Waals surface area contributed by atoms with Crippen LogP contribution in [-0.4, -0.2) is 23.1 Å². The minimum absolute atomic E-state index is 0.0262. The number of carboxylic acid groups (broad SMARTS) is 1. The van der Waals surface area contributed by atoms with Gasteiger partial charge in [0.15, 0.2) is 5.69 Å². The van der Waals surface area contributed by atoms with Crippen LogP contribution in [0.3, 0.4) is 0 Å². The fourth-order valence-electron chi connectivity index (χ4n) is 7.19. The van der Waals surface area contributed by atoms with Crippen LogP contribution in [0, 0.1) is 17.8 Å². The first kappa shape index (κ1) is 21.2. The van der Waals surface area contributed by atoms with Crippen LogP contribution in [0.25, 0.3) is 0 Å². The van der Waals surface area contributed by atoms with Gasteiger partial charge < -0.3 is 15.3 Å². The number of benzene rings is 2. The van der Waals surface area contributed by atoms with Crippen molar-refractivity contribution in [3.63, 3.8) is 0 Å². The maximum atomic E-state index is 11.1. The second-order valence-corrected chi connectivity index (χ2v) is 10.7. The molecule has 4 bridgehead atoms. The molecule has 0 radical (unpaired) electrons. The molecule has 0 saturated heterocycles. The van der Waals surface area contributed by atoms with E-state index in [9.17, 15) is 4.79 Å². The molecule has 7 rings (SSSR count). The Labute approximate surface area is 200 Å². The molecule has 0 aliphatic heterocycles. The summed E-state index contributed by atoms with van der Waals surface area (Å²) < 4.78 is 0. The molecule has 5 heteroatoms. The highest BCUT2D eigenvalue weighted by atomic mass is 16.4. The number of aromatic carboxylic acids is 1. The van der Waals surface area contributed by atoms with E-state index in [4.69, 9.17) is 5.11 Å². The Morgan fingerprint density at radius 3 is 2.00 bits per heavy atom. The van der Waals surface area contributed by atoms with E-state index in [2.05, 4.69) is 58.6 Å². The lowest BCUT2D eigenvalue weighted by Gasteiger charge is -2.57. The van der Waals surface area contributed by atoms with Crippen molar-refractivity contribution in [1.82, 2.24) is 4.98 Å². The van der Waals surface area contributed by atoms with Gasteiger partial charge in [0.1, 0.15) is 5.82 Å². The van der Waals surface area contributed by atoms with E-state index in [0.717, 1.165) is 29.1 Å². The van der Waals surface area contributed by atoms with Gasteiger partial charge in [0, 0.05) is 24.1 Å². The molecule has 5 nitrogen and oxygen atoms in total. The molecule has 1 aromatic heterocycles. The molecule has 4 saturated carbocycles. The van der Waals surface area contributed by atoms with E-state index < -0.39 is 5.97 Å². The van der Waals surface area contributed by atoms with Crippen LogP contribution in [-0.2, 0) is 5.41 Å². The third-order valence-electron chi connectivity index (χ3n) is 8.40. The summed E-state index contributed by atoms with van der Waals surface area (Å²) in [6.07, 6.45) is 8.62. The lowest BCUT2D eigenvalue weighted by Crippen LogP contribution is -2.48. The normalized spacial score (nSPS) is 26.9. The number of hydrogen-bond donors (Lipinski definition) is 2. The van der Waals surface area contributed by atoms with E-state index in [1.165, 1.54) is 50.3 Å². The zero-order valence-electron chi connectivity index (χ0n) is 19.6. The summed E-state index contributed by atoms with van der Waals surface area (Å²) in [6, 6.07) is 22.4. The number of nitrogens with zero attached hydrogens (tertiary/aromatic N) is 2. The Bertz CT molecular complexity index is 1170. The minimum Gasteiger partial charge on any atom is -0.477 e. The third kappa shape index (κ3) is 3.83. The molecule has 2 aromatic carbocycles. The highest BCUT2D eigenvalue weighted by molar-refractivity contribution is 5.85. The number of hydrogen-bond acceptors (Lipinski definition) is 4. The van der Waals surface area contributed by atoms with Crippen molar-refractivity contribution in [2.45, 2.75) is 43.9 Å². The standard InChI is InChI=1S/C29H31N3O2/c1-32(25-11-7-23(8-12-25)30-27-4-2-3-26(31-27)28(33)34)24-9-5-22(6-10-24)29-16-19-13-20(17-29)15-21(14-19)18-29/h2-12,19-21H,13-18H2,1H3,(H,30,31)(H,33,34). The van der Waals surface area contributed by atoms with Crippen LogP contribution >= 0.6 is 0 Å². The molecule has 34 heavy (non-hydrogen) atoms. The molecule has 1 heterocycles. The van der Waals surface area contributed by atoms with Crippen molar-refractivity contribution in [2.75, 3.05) is 17.3 Å². The summed E-state index contributed by atoms with van der Waals surface area (Å²) in [5.74, 6) is 2.36. The second-order valence-electron chi connectivity index (χ2n) is 10.7. The molecular formula is C29H31N3O2. The predicted molar refractivity (Wildman–Crippen MR) is 135 cm³/mol. The van der Waals surface area contributed by atoms with E-state index in [-0.39, 0.29) is 5.69 Å². The number of pyridine rings is 1. The Balaban J connectivity index is 1.16. The van der Waals surface area contributed by atoms with E-state index >= 15 is 0 Å². The number of anilines is 4. The predicted octanol–water partition coefficient (Wildman–Crippen LogP) is 6.76. The zero-order valence-corrected chi connectivity index (χ0v) is 19.6. The fraction of sp³-hybridized carbons (Fsp3) is 0.379. The van der Waals surface area contributed by atoms with Gasteiger partial charge in [0.2, 0.25) is 0 Å². The summed E-state index contributed by atoms with van der Waals surface area (Å²) in [5, 5.41) is 12.3. The number of rotatable bonds is 6. The van der Waals surface area contributed by atoms with Gasteiger partial charge >= 0.3 is 5.97 Å². The van der Waals surface area contributed by atoms with Gasteiger partial charge in [-0.15, -0.1) is 0 Å². The summed E-state index contributed by atoms with van der Waals surface area (Å²) in [4.78, 5) is 17.5. The van der Waals surface area contributed by atoms with Crippen molar-refractivity contribution >= 4 is 28.8 Å². The van der Waals surface area contributed by atoms with Crippen LogP contribution in [0.2, 0.25) is 0 Å². The molecule has 3 aromatic rings. The van der Waals surface area contributed by atoms with Crippen molar-refractivity contribution in [2.24, 2.45) is 17.8 Å². The van der Waals surface area contributed by atoms with Crippen LogP contribution in [0.4, 0.5) is 22.9 Å². The SMILES string of the molecule is CN(c1ccc(Nc2cccc(C(=O)O)n2)cc1)c1ccc(C23CC4CC(CC(C4)C2)C3)cc1. The molecule has 0 spiro atoms. The zero-order chi connectivity index (χ0) is 23.3. The molecule has 0 amide bonds. The molecule has 0 unspecified atom stereocenters. The van der Waals surface area contributed by atoms with Gasteiger partial charge in [-0.25, -0.2) is 9.78 Å². The number of carboxylic acids is 1. The quantitative estimate of drug-likeness (QED) is 0.432. The Hall–Kier alpha value is -3.34. The number of carbonyl (C=O) groups is 1. The van der Waals surface area contributed by atoms with Gasteiger partial charge in [0.05, 0.1) is 0 Å². The van der Waals surface area contributed by atoms with Crippen LogP contribution in [0.1, 0.15) is 54.6 Å². The van der Waals surface area contributed by atoms with Gasteiger partial charge in [-0.1, -0.05) is 18.2 Å². The minimum atomic E-state index is -1.03. The van der Waals surface area contributed by atoms with Crippen LogP contribution < -0.4 is 10.2 Å². The van der Waals surface area contributed by atoms with Crippen LogP contribution in [0.5, 0.6) is 0 Å². The van der Waals surface area contributed by atoms with Crippen molar-refractivity contribution in [3.8, 4) is 0 Å². The van der Waals surface area contributed by atoms with Crippen molar-refractivity contribution in [3.05, 3.63) is 78.0 Å². The largest absolute Gasteiger partial charge is 0.477 e. The molecule has 4 aliphatic carbocycles. The molecule has 0 atom stereocenters. The molecule has 4 aliphatic rings. The average molecular weight is 454 g/mol. The second kappa shape index (κ2) is 8.15. The topological polar surface area (TPSA) is 65.5 Å². The third-order valence-corrected chi connectivity index (χ3v) is 8.40. The molecule has 174 valence electrons. The van der Waals surface area contributed by atoms with Gasteiger partial charge in [-0.3, -0.25) is 0 Å². The lowest BCUT2D eigenvalue weighted by atomic mass is 9.48. The maximum Gasteiger partial charge on any atom is 0.354 e. The average Bonchev–Trinajstić information content (AvgIpc) is 2.83. The van der Waals surface area contributed by atoms with E-state index in [1.807, 2.05) is 12.1 Å². The first-order chi connectivity index (χ1) is 16.5. The number of nitrogens with one attached hydrogen (secondary N) is 1. The summed E-state index contributed by atoms with van der Waals surface area (Å²) in [7, 11) is 2.10.